The van der Waals surface area contributed by atoms with Gasteiger partial charge in [0, 0.05) is 20.3 Å². The molecule has 1 fully saturated rings. The Morgan fingerprint density at radius 1 is 1.38 bits per heavy atom. The number of aliphatic carboxylic acids is 1. The summed E-state index contributed by atoms with van der Waals surface area (Å²) in [5.74, 6) is -6.09. The first-order chi connectivity index (χ1) is 11.0. The molecule has 0 aromatic heterocycles. The largest absolute Gasteiger partial charge is 0.477 e. The highest BCUT2D eigenvalue weighted by atomic mass is 16.7. The van der Waals surface area contributed by atoms with E-state index in [9.17, 15) is 34.8 Å². The van der Waals surface area contributed by atoms with Crippen LogP contribution in [0.2, 0.25) is 0 Å². The molecule has 1 aliphatic heterocycles. The summed E-state index contributed by atoms with van der Waals surface area (Å²) >= 11 is 0. The van der Waals surface area contributed by atoms with Crippen molar-refractivity contribution in [3.8, 4) is 0 Å². The number of rotatable bonds is 6. The van der Waals surface area contributed by atoms with Crippen LogP contribution in [0.15, 0.2) is 0 Å². The number of nitrogens with one attached hydrogen (secondary N) is 1. The molecular weight excluding hydrogens is 330 g/mol. The van der Waals surface area contributed by atoms with Gasteiger partial charge in [0.05, 0.1) is 18.8 Å². The van der Waals surface area contributed by atoms with Crippen LogP contribution in [-0.2, 0) is 23.9 Å². The van der Waals surface area contributed by atoms with E-state index in [4.69, 9.17) is 9.84 Å². The van der Waals surface area contributed by atoms with E-state index in [-0.39, 0.29) is 0 Å². The van der Waals surface area contributed by atoms with E-state index in [0.29, 0.717) is 0 Å². The minimum atomic E-state index is -2.82. The highest BCUT2D eigenvalue weighted by molar-refractivity contribution is 5.76. The van der Waals surface area contributed by atoms with Gasteiger partial charge >= 0.3 is 11.9 Å². The maximum Gasteiger partial charge on any atom is 0.364 e. The Balaban J connectivity index is 3.14. The first kappa shape index (κ1) is 20.3. The molecule has 1 unspecified atom stereocenters. The Morgan fingerprint density at radius 2 is 1.96 bits per heavy atom. The summed E-state index contributed by atoms with van der Waals surface area (Å²) < 4.78 is 9.66. The van der Waals surface area contributed by atoms with Gasteiger partial charge in [0.15, 0.2) is 6.10 Å². The summed E-state index contributed by atoms with van der Waals surface area (Å²) in [7, 11) is 0. The molecule has 0 aromatic carbocycles. The Labute approximate surface area is 136 Å². The summed E-state index contributed by atoms with van der Waals surface area (Å²) in [5.41, 5.74) is 0. The fourth-order valence-corrected chi connectivity index (χ4v) is 2.45. The molecule has 1 saturated heterocycles. The second kappa shape index (κ2) is 7.85. The number of esters is 1. The predicted molar refractivity (Wildman–Crippen MR) is 74.3 cm³/mol. The van der Waals surface area contributed by atoms with E-state index in [1.165, 1.54) is 0 Å². The summed E-state index contributed by atoms with van der Waals surface area (Å²) in [5, 5.41) is 50.8. The fraction of sp³-hybridized carbons (Fsp3) is 0.769. The molecule has 1 aliphatic rings. The number of amides is 1. The van der Waals surface area contributed by atoms with Crippen molar-refractivity contribution in [2.75, 3.05) is 6.61 Å². The maximum atomic E-state index is 11.3. The number of carbonyl (C=O) groups excluding carboxylic acids is 2. The molecular formula is C13H21NO10. The summed E-state index contributed by atoms with van der Waals surface area (Å²) in [4.78, 5) is 33.4. The molecule has 1 heterocycles. The second-order valence-corrected chi connectivity index (χ2v) is 5.49. The van der Waals surface area contributed by atoms with Crippen LogP contribution in [0, 0.1) is 0 Å². The molecule has 24 heavy (non-hydrogen) atoms. The Kier molecular flexibility index (Phi) is 6.63. The van der Waals surface area contributed by atoms with Crippen LogP contribution >= 0.6 is 0 Å². The van der Waals surface area contributed by atoms with Crippen LogP contribution in [0.25, 0.3) is 0 Å². The molecule has 6 N–H and O–H groups in total. The lowest BCUT2D eigenvalue weighted by atomic mass is 9.88. The van der Waals surface area contributed by atoms with E-state index in [2.05, 4.69) is 10.1 Å². The lowest BCUT2D eigenvalue weighted by Gasteiger charge is -2.44. The third kappa shape index (κ3) is 4.61. The van der Waals surface area contributed by atoms with Crippen molar-refractivity contribution in [2.24, 2.45) is 0 Å². The van der Waals surface area contributed by atoms with Gasteiger partial charge in [-0.3, -0.25) is 9.59 Å². The van der Waals surface area contributed by atoms with Crippen LogP contribution in [0.5, 0.6) is 0 Å². The highest BCUT2D eigenvalue weighted by Gasteiger charge is 2.54. The molecule has 0 aromatic rings. The standard InChI is InChI=1S/C13H21NO10/c1-5(16)14-9-7(18)3-13(22,12(20)21)24-11(9)10(19)8(4-15)23-6(2)17/h7-11,15,18-19,22H,3-4H2,1-2H3,(H,14,16)(H,20,21)/t7-,8+,9+,10+,11+,13?/m0/s1. The molecule has 1 rings (SSSR count). The molecule has 138 valence electrons. The Morgan fingerprint density at radius 3 is 2.38 bits per heavy atom. The van der Waals surface area contributed by atoms with Crippen molar-refractivity contribution in [1.29, 1.82) is 0 Å². The maximum absolute atomic E-state index is 11.3. The van der Waals surface area contributed by atoms with E-state index in [1.807, 2.05) is 0 Å². The van der Waals surface area contributed by atoms with Crippen LogP contribution < -0.4 is 5.32 Å². The summed E-state index contributed by atoms with van der Waals surface area (Å²) in [6, 6.07) is -1.30. The monoisotopic (exact) mass is 351 g/mol. The van der Waals surface area contributed by atoms with Crippen molar-refractivity contribution < 1.29 is 49.4 Å². The van der Waals surface area contributed by atoms with Gasteiger partial charge in [-0.05, 0) is 0 Å². The zero-order chi connectivity index (χ0) is 18.7. The molecule has 0 aliphatic carbocycles. The zero-order valence-electron chi connectivity index (χ0n) is 13.1. The van der Waals surface area contributed by atoms with Gasteiger partial charge in [0.2, 0.25) is 5.91 Å². The van der Waals surface area contributed by atoms with Gasteiger partial charge in [-0.1, -0.05) is 0 Å². The molecule has 6 atom stereocenters. The minimum Gasteiger partial charge on any atom is -0.477 e. The minimum absolute atomic E-state index is 0.617. The fourth-order valence-electron chi connectivity index (χ4n) is 2.45. The molecule has 0 radical (unpaired) electrons. The van der Waals surface area contributed by atoms with Crippen molar-refractivity contribution in [1.82, 2.24) is 5.32 Å². The molecule has 11 heteroatoms. The molecule has 0 bridgehead atoms. The number of carboxylic acid groups (broad SMARTS) is 1. The average Bonchev–Trinajstić information content (AvgIpc) is 2.46. The van der Waals surface area contributed by atoms with Crippen LogP contribution in [0.3, 0.4) is 0 Å². The van der Waals surface area contributed by atoms with Crippen molar-refractivity contribution >= 4 is 17.8 Å². The van der Waals surface area contributed by atoms with Crippen LogP contribution in [-0.4, -0.2) is 86.2 Å². The molecule has 11 nitrogen and oxygen atoms in total. The lowest BCUT2D eigenvalue weighted by Crippen LogP contribution is -2.67. The SMILES string of the molecule is CC(=O)N[C@H]1[C@H]([C@H](O)[C@@H](CO)OC(C)=O)OC(O)(C(=O)O)C[C@@H]1O. The topological polar surface area (TPSA) is 183 Å². The van der Waals surface area contributed by atoms with Gasteiger partial charge in [0.25, 0.3) is 5.79 Å². The number of hydrogen-bond acceptors (Lipinski definition) is 9. The lowest BCUT2D eigenvalue weighted by molar-refractivity contribution is -0.295. The average molecular weight is 351 g/mol. The van der Waals surface area contributed by atoms with E-state index >= 15 is 0 Å². The Hall–Kier alpha value is -1.79. The van der Waals surface area contributed by atoms with Crippen LogP contribution in [0.1, 0.15) is 20.3 Å². The van der Waals surface area contributed by atoms with E-state index in [0.717, 1.165) is 13.8 Å². The molecule has 1 amide bonds. The number of carboxylic acids is 1. The number of aliphatic hydroxyl groups excluding tert-OH is 3. The number of aliphatic hydroxyl groups is 4. The van der Waals surface area contributed by atoms with Gasteiger partial charge in [-0.15, -0.1) is 0 Å². The quantitative estimate of drug-likeness (QED) is 0.265. The third-order valence-corrected chi connectivity index (χ3v) is 3.50. The van der Waals surface area contributed by atoms with E-state index < -0.39 is 67.1 Å². The molecule has 0 saturated carbocycles. The first-order valence-electron chi connectivity index (χ1n) is 7.06. The number of ether oxygens (including phenoxy) is 2. The highest BCUT2D eigenvalue weighted by Crippen LogP contribution is 2.30. The first-order valence-corrected chi connectivity index (χ1v) is 7.06. The Bertz CT molecular complexity index is 497. The number of carbonyl (C=O) groups is 3. The summed E-state index contributed by atoms with van der Waals surface area (Å²) in [6.07, 6.45) is -7.38. The van der Waals surface area contributed by atoms with Crippen molar-refractivity contribution in [2.45, 2.75) is 56.5 Å². The molecule has 0 spiro atoms. The van der Waals surface area contributed by atoms with Gasteiger partial charge < -0.3 is 40.3 Å². The van der Waals surface area contributed by atoms with Crippen molar-refractivity contribution in [3.05, 3.63) is 0 Å². The normalized spacial score (nSPS) is 32.5. The number of hydrogen-bond donors (Lipinski definition) is 6. The van der Waals surface area contributed by atoms with E-state index in [1.54, 1.807) is 0 Å². The predicted octanol–water partition coefficient (Wildman–Crippen LogP) is -3.30. The van der Waals surface area contributed by atoms with Gasteiger partial charge in [-0.25, -0.2) is 4.79 Å². The summed E-state index contributed by atoms with van der Waals surface area (Å²) in [6.45, 7) is 1.30. The van der Waals surface area contributed by atoms with Crippen molar-refractivity contribution in [3.63, 3.8) is 0 Å². The third-order valence-electron chi connectivity index (χ3n) is 3.50. The zero-order valence-corrected chi connectivity index (χ0v) is 13.1. The smallest absolute Gasteiger partial charge is 0.364 e. The second-order valence-electron chi connectivity index (χ2n) is 5.49. The van der Waals surface area contributed by atoms with Gasteiger partial charge in [-0.2, -0.15) is 0 Å². The van der Waals surface area contributed by atoms with Crippen LogP contribution in [0.4, 0.5) is 0 Å². The van der Waals surface area contributed by atoms with Gasteiger partial charge in [0.1, 0.15) is 12.2 Å².